The van der Waals surface area contributed by atoms with Crippen LogP contribution < -0.4 is 10.1 Å². The van der Waals surface area contributed by atoms with Crippen LogP contribution in [0.15, 0.2) is 24.3 Å². The van der Waals surface area contributed by atoms with Crippen molar-refractivity contribution in [2.24, 2.45) is 0 Å². The van der Waals surface area contributed by atoms with Crippen LogP contribution in [0.1, 0.15) is 33.5 Å². The molecule has 8 nitrogen and oxygen atoms in total. The van der Waals surface area contributed by atoms with Crippen molar-refractivity contribution in [2.75, 3.05) is 12.4 Å². The summed E-state index contributed by atoms with van der Waals surface area (Å²) < 4.78 is 10.3. The summed E-state index contributed by atoms with van der Waals surface area (Å²) in [6, 6.07) is 5.67. The van der Waals surface area contributed by atoms with Crippen LogP contribution in [0.5, 0.6) is 5.75 Å². The highest BCUT2D eigenvalue weighted by atomic mass is 32.1. The Labute approximate surface area is 159 Å². The molecule has 1 amide bonds. The molecule has 142 valence electrons. The Morgan fingerprint density at radius 1 is 1.30 bits per heavy atom. The number of aryl methyl sites for hydroxylation is 2. The number of nitrogens with one attached hydrogen (secondary N) is 1. The van der Waals surface area contributed by atoms with Crippen LogP contribution in [0.3, 0.4) is 0 Å². The van der Waals surface area contributed by atoms with E-state index in [1.807, 2.05) is 6.07 Å². The molecule has 0 unspecified atom stereocenters. The van der Waals surface area contributed by atoms with Gasteiger partial charge >= 0.3 is 5.97 Å². The number of non-ortho nitro benzene ring substituents is 1. The Bertz CT molecular complexity index is 886. The number of nitro groups is 1. The second-order valence-corrected chi connectivity index (χ2v) is 7.23. The number of methoxy groups -OCH3 is 1. The molecule has 1 N–H and O–H groups in total. The van der Waals surface area contributed by atoms with E-state index in [1.165, 1.54) is 54.0 Å². The average Bonchev–Trinajstić information content (AvgIpc) is 3.23. The van der Waals surface area contributed by atoms with E-state index < -0.39 is 22.9 Å². The number of hydrogen-bond acceptors (Lipinski definition) is 7. The predicted octanol–water partition coefficient (Wildman–Crippen LogP) is 3.34. The van der Waals surface area contributed by atoms with Crippen LogP contribution in [0.25, 0.3) is 0 Å². The van der Waals surface area contributed by atoms with Crippen LogP contribution in [-0.2, 0) is 22.4 Å². The van der Waals surface area contributed by atoms with Crippen molar-refractivity contribution in [2.45, 2.75) is 32.3 Å². The molecule has 1 aliphatic rings. The maximum absolute atomic E-state index is 12.4. The summed E-state index contributed by atoms with van der Waals surface area (Å²) >= 11 is 1.40. The van der Waals surface area contributed by atoms with Gasteiger partial charge < -0.3 is 14.8 Å². The topological polar surface area (TPSA) is 108 Å². The van der Waals surface area contributed by atoms with E-state index in [-0.39, 0.29) is 17.1 Å². The van der Waals surface area contributed by atoms with E-state index in [2.05, 4.69) is 5.32 Å². The lowest BCUT2D eigenvalue weighted by molar-refractivity contribution is -0.384. The number of carbonyl (C=O) groups excluding carboxylic acids is 2. The van der Waals surface area contributed by atoms with Gasteiger partial charge in [-0.1, -0.05) is 0 Å². The van der Waals surface area contributed by atoms with Gasteiger partial charge in [0.05, 0.1) is 17.7 Å². The molecule has 1 aromatic carbocycles. The monoisotopic (exact) mass is 390 g/mol. The summed E-state index contributed by atoms with van der Waals surface area (Å²) in [5.41, 5.74) is 1.11. The molecular formula is C18H18N2O6S. The van der Waals surface area contributed by atoms with Gasteiger partial charge in [0.2, 0.25) is 0 Å². The van der Waals surface area contributed by atoms with Crippen LogP contribution >= 0.6 is 11.3 Å². The van der Waals surface area contributed by atoms with Crippen LogP contribution in [0, 0.1) is 10.1 Å². The number of benzene rings is 1. The zero-order valence-corrected chi connectivity index (χ0v) is 15.6. The summed E-state index contributed by atoms with van der Waals surface area (Å²) in [7, 11) is 1.39. The van der Waals surface area contributed by atoms with Gasteiger partial charge in [-0.25, -0.2) is 4.79 Å². The Balaban J connectivity index is 1.67. The van der Waals surface area contributed by atoms with Gasteiger partial charge in [0, 0.05) is 17.0 Å². The maximum Gasteiger partial charge on any atom is 0.349 e. The Kier molecular flexibility index (Phi) is 5.41. The van der Waals surface area contributed by atoms with Crippen LogP contribution in [-0.4, -0.2) is 30.0 Å². The Morgan fingerprint density at radius 2 is 2.07 bits per heavy atom. The van der Waals surface area contributed by atoms with E-state index >= 15 is 0 Å². The summed E-state index contributed by atoms with van der Waals surface area (Å²) in [6.45, 7) is 1.44. The van der Waals surface area contributed by atoms with Gasteiger partial charge in [-0.05, 0) is 43.9 Å². The van der Waals surface area contributed by atoms with Gasteiger partial charge in [0.15, 0.2) is 6.10 Å². The first kappa shape index (κ1) is 18.8. The number of ether oxygens (including phenoxy) is 2. The molecule has 0 saturated carbocycles. The molecule has 0 aliphatic heterocycles. The minimum atomic E-state index is -1.07. The lowest BCUT2D eigenvalue weighted by Gasteiger charge is -2.14. The lowest BCUT2D eigenvalue weighted by Crippen LogP contribution is -2.30. The number of nitro benzene ring substituents is 1. The van der Waals surface area contributed by atoms with Gasteiger partial charge in [-0.2, -0.15) is 0 Å². The van der Waals surface area contributed by atoms with Gasteiger partial charge in [-0.15, -0.1) is 11.3 Å². The van der Waals surface area contributed by atoms with Crippen molar-refractivity contribution in [1.82, 2.24) is 0 Å². The molecule has 1 aliphatic carbocycles. The third-order valence-corrected chi connectivity index (χ3v) is 5.47. The van der Waals surface area contributed by atoms with Crippen molar-refractivity contribution in [3.8, 4) is 5.75 Å². The highest BCUT2D eigenvalue weighted by Crippen LogP contribution is 2.31. The van der Waals surface area contributed by atoms with E-state index in [1.54, 1.807) is 0 Å². The number of esters is 1. The first-order chi connectivity index (χ1) is 12.9. The number of nitrogens with zero attached hydrogens (tertiary/aromatic N) is 1. The minimum absolute atomic E-state index is 0.134. The standard InChI is InChI=1S/C18H18N2O6S/c1-10(26-18(22)16-8-11-4-3-5-15(11)27-16)17(21)19-13-9-12(20(23)24)6-7-14(13)25-2/h6-10H,3-5H2,1-2H3,(H,19,21)/t10-/m0/s1. The van der Waals surface area contributed by atoms with Gasteiger partial charge in [-0.3, -0.25) is 14.9 Å². The molecule has 0 bridgehead atoms. The molecule has 0 spiro atoms. The summed E-state index contributed by atoms with van der Waals surface area (Å²) in [5, 5.41) is 13.4. The first-order valence-corrected chi connectivity index (χ1v) is 9.16. The average molecular weight is 390 g/mol. The number of thiophene rings is 1. The molecule has 27 heavy (non-hydrogen) atoms. The van der Waals surface area contributed by atoms with E-state index in [0.29, 0.717) is 4.88 Å². The van der Waals surface area contributed by atoms with Crippen molar-refractivity contribution >= 4 is 34.6 Å². The largest absolute Gasteiger partial charge is 0.495 e. The van der Waals surface area contributed by atoms with Crippen LogP contribution in [0.2, 0.25) is 0 Å². The molecule has 0 fully saturated rings. The van der Waals surface area contributed by atoms with Crippen LogP contribution in [0.4, 0.5) is 11.4 Å². The second-order valence-electron chi connectivity index (χ2n) is 6.09. The number of carbonyl (C=O) groups is 2. The van der Waals surface area contributed by atoms with Crippen molar-refractivity contribution in [1.29, 1.82) is 0 Å². The maximum atomic E-state index is 12.4. The molecular weight excluding hydrogens is 372 g/mol. The summed E-state index contributed by atoms with van der Waals surface area (Å²) in [6.07, 6.45) is 1.95. The van der Waals surface area contributed by atoms with Crippen molar-refractivity contribution in [3.05, 3.63) is 49.7 Å². The normalized spacial score (nSPS) is 13.6. The highest BCUT2D eigenvalue weighted by Gasteiger charge is 2.24. The fourth-order valence-electron chi connectivity index (χ4n) is 2.84. The molecule has 2 aromatic rings. The van der Waals surface area contributed by atoms with Gasteiger partial charge in [0.1, 0.15) is 10.6 Å². The number of fused-ring (bicyclic) bond motifs is 1. The number of amides is 1. The predicted molar refractivity (Wildman–Crippen MR) is 99.5 cm³/mol. The SMILES string of the molecule is COc1ccc([N+](=O)[O-])cc1NC(=O)[C@H](C)OC(=O)c1cc2c(s1)CCC2. The molecule has 1 atom stereocenters. The third kappa shape index (κ3) is 4.08. The fourth-order valence-corrected chi connectivity index (χ4v) is 3.98. The van der Waals surface area contributed by atoms with E-state index in [0.717, 1.165) is 19.3 Å². The summed E-state index contributed by atoms with van der Waals surface area (Å²) in [5.74, 6) is -0.892. The van der Waals surface area contributed by atoms with E-state index in [4.69, 9.17) is 9.47 Å². The fraction of sp³-hybridized carbons (Fsp3) is 0.333. The Hall–Kier alpha value is -2.94. The molecule has 1 heterocycles. The minimum Gasteiger partial charge on any atom is -0.495 e. The zero-order chi connectivity index (χ0) is 19.6. The zero-order valence-electron chi connectivity index (χ0n) is 14.8. The van der Waals surface area contributed by atoms with Gasteiger partial charge in [0.25, 0.3) is 11.6 Å². The number of hydrogen-bond donors (Lipinski definition) is 1. The molecule has 1 aromatic heterocycles. The van der Waals surface area contributed by atoms with Crippen molar-refractivity contribution in [3.63, 3.8) is 0 Å². The van der Waals surface area contributed by atoms with E-state index in [9.17, 15) is 19.7 Å². The number of rotatable bonds is 6. The first-order valence-electron chi connectivity index (χ1n) is 8.35. The number of anilines is 1. The molecule has 0 saturated heterocycles. The Morgan fingerprint density at radius 3 is 2.74 bits per heavy atom. The smallest absolute Gasteiger partial charge is 0.349 e. The highest BCUT2D eigenvalue weighted by molar-refractivity contribution is 7.14. The molecule has 3 rings (SSSR count). The molecule has 0 radical (unpaired) electrons. The quantitative estimate of drug-likeness (QED) is 0.460. The molecule has 9 heteroatoms. The van der Waals surface area contributed by atoms with Crippen molar-refractivity contribution < 1.29 is 24.0 Å². The third-order valence-electron chi connectivity index (χ3n) is 4.25. The summed E-state index contributed by atoms with van der Waals surface area (Å²) in [4.78, 5) is 36.7. The second kappa shape index (κ2) is 7.75. The lowest BCUT2D eigenvalue weighted by atomic mass is 10.2.